The quantitative estimate of drug-likeness (QED) is 0.251. The maximum absolute atomic E-state index is 13.6. The van der Waals surface area contributed by atoms with Crippen molar-refractivity contribution in [3.63, 3.8) is 0 Å². The number of carbonyl (C=O) groups excluding carboxylic acids is 2. The highest BCUT2D eigenvalue weighted by Crippen LogP contribution is 2.27. The highest BCUT2D eigenvalue weighted by Gasteiger charge is 2.26. The third-order valence-corrected chi connectivity index (χ3v) is 7.97. The Morgan fingerprint density at radius 1 is 1.02 bits per heavy atom. The number of rotatable bonds is 9. The molecule has 0 unspecified atom stereocenters. The molecule has 2 amide bonds. The van der Waals surface area contributed by atoms with Crippen LogP contribution in [0.4, 0.5) is 10.5 Å². The first-order valence-corrected chi connectivity index (χ1v) is 14.8. The molecule has 1 fully saturated rings. The number of anilines is 1. The summed E-state index contributed by atoms with van der Waals surface area (Å²) in [6.45, 7) is 3.89. The summed E-state index contributed by atoms with van der Waals surface area (Å²) in [7, 11) is 1.85. The topological polar surface area (TPSA) is 120 Å². The molecular weight excluding hydrogens is 568 g/mol. The van der Waals surface area contributed by atoms with E-state index in [0.717, 1.165) is 42.4 Å². The van der Waals surface area contributed by atoms with Crippen LogP contribution in [0.3, 0.4) is 0 Å². The third-order valence-electron chi connectivity index (χ3n) is 7.60. The summed E-state index contributed by atoms with van der Waals surface area (Å²) < 4.78 is 9.07. The molecular formula is C32H35ClN6O4. The first-order valence-electron chi connectivity index (χ1n) is 14.4. The van der Waals surface area contributed by atoms with E-state index in [-0.39, 0.29) is 24.1 Å². The van der Waals surface area contributed by atoms with Gasteiger partial charge in [0.05, 0.1) is 0 Å². The van der Waals surface area contributed by atoms with Crippen LogP contribution in [-0.4, -0.2) is 43.5 Å². The zero-order valence-electron chi connectivity index (χ0n) is 24.4. The molecule has 2 aromatic carbocycles. The smallest absolute Gasteiger partial charge is 0.408 e. The Kier molecular flexibility index (Phi) is 9.25. The number of aryl methyl sites for hydroxylation is 1. The Morgan fingerprint density at radius 2 is 1.72 bits per heavy atom. The van der Waals surface area contributed by atoms with E-state index in [4.69, 9.17) is 16.3 Å². The van der Waals surface area contributed by atoms with Gasteiger partial charge >= 0.3 is 6.09 Å². The number of halogens is 1. The Labute approximate surface area is 255 Å². The molecule has 5 rings (SSSR count). The number of hydrogen-bond donors (Lipinski definition) is 2. The molecule has 0 radical (unpaired) electrons. The summed E-state index contributed by atoms with van der Waals surface area (Å²) >= 11 is 6.61. The van der Waals surface area contributed by atoms with E-state index >= 15 is 0 Å². The minimum absolute atomic E-state index is 0.00293. The monoisotopic (exact) mass is 602 g/mol. The van der Waals surface area contributed by atoms with Crippen molar-refractivity contribution in [3.8, 4) is 22.5 Å². The Bertz CT molecular complexity index is 1660. The Balaban J connectivity index is 1.38. The number of aromatic nitrogens is 4. The van der Waals surface area contributed by atoms with Gasteiger partial charge in [0.25, 0.3) is 5.56 Å². The van der Waals surface area contributed by atoms with Crippen LogP contribution < -0.4 is 16.2 Å². The van der Waals surface area contributed by atoms with E-state index < -0.39 is 18.0 Å². The van der Waals surface area contributed by atoms with E-state index in [1.165, 1.54) is 6.07 Å². The lowest BCUT2D eigenvalue weighted by Gasteiger charge is -2.21. The highest BCUT2D eigenvalue weighted by atomic mass is 35.5. The van der Waals surface area contributed by atoms with Gasteiger partial charge in [0.1, 0.15) is 18.5 Å². The van der Waals surface area contributed by atoms with Gasteiger partial charge in [-0.3, -0.25) is 9.59 Å². The van der Waals surface area contributed by atoms with Crippen molar-refractivity contribution in [1.82, 2.24) is 24.6 Å². The molecule has 0 saturated heterocycles. The molecule has 10 nitrogen and oxygen atoms in total. The van der Waals surface area contributed by atoms with Gasteiger partial charge in [-0.2, -0.15) is 0 Å². The van der Waals surface area contributed by atoms with E-state index in [1.807, 2.05) is 51.4 Å². The fourth-order valence-electron chi connectivity index (χ4n) is 5.23. The Hall–Kier alpha value is -4.44. The normalized spacial score (nSPS) is 14.1. The molecule has 2 aromatic heterocycles. The fourth-order valence-corrected chi connectivity index (χ4v) is 5.42. The third kappa shape index (κ3) is 7.32. The minimum atomic E-state index is -0.968. The van der Waals surface area contributed by atoms with Crippen LogP contribution >= 0.6 is 11.6 Å². The number of alkyl carbamates (subject to hydrolysis) is 1. The van der Waals surface area contributed by atoms with Crippen molar-refractivity contribution < 1.29 is 14.3 Å². The van der Waals surface area contributed by atoms with Crippen LogP contribution in [0, 0.1) is 0 Å². The molecule has 43 heavy (non-hydrogen) atoms. The molecule has 0 spiro atoms. The summed E-state index contributed by atoms with van der Waals surface area (Å²) in [6, 6.07) is 15.1. The number of nitrogens with zero attached hydrogens (tertiary/aromatic N) is 4. The predicted octanol–water partition coefficient (Wildman–Crippen LogP) is 5.76. The standard InChI is InChI=1S/C32H35ClN6O4/c1-20(2)39-18-23(11-15-29(39)40)22-10-14-27(33)24(16-22)17-28(36-32(42)43-26-6-4-5-7-26)31(41)35-25-12-8-21(9-13-25)30-37-34-19-38(30)3/h8-16,18-20,26,28H,4-7,17H2,1-3H3,(H,35,41)(H,36,42)/t28-/m0/s1. The summed E-state index contributed by atoms with van der Waals surface area (Å²) in [5.74, 6) is 0.287. The number of pyridine rings is 1. The zero-order chi connectivity index (χ0) is 30.5. The molecule has 4 aromatic rings. The molecule has 2 N–H and O–H groups in total. The average Bonchev–Trinajstić information content (AvgIpc) is 3.66. The van der Waals surface area contributed by atoms with Crippen molar-refractivity contribution in [3.05, 3.63) is 88.1 Å². The van der Waals surface area contributed by atoms with Crippen LogP contribution in [0.5, 0.6) is 0 Å². The number of carbonyl (C=O) groups is 2. The second-order valence-electron chi connectivity index (χ2n) is 11.1. The summed E-state index contributed by atoms with van der Waals surface area (Å²) in [6.07, 6.45) is 6.42. The molecule has 1 aliphatic rings. The van der Waals surface area contributed by atoms with Crippen LogP contribution in [0.15, 0.2) is 71.9 Å². The van der Waals surface area contributed by atoms with Crippen molar-refractivity contribution >= 4 is 29.3 Å². The second kappa shape index (κ2) is 13.2. The van der Waals surface area contributed by atoms with E-state index in [2.05, 4.69) is 20.8 Å². The highest BCUT2D eigenvalue weighted by molar-refractivity contribution is 6.31. The van der Waals surface area contributed by atoms with Crippen molar-refractivity contribution in [2.75, 3.05) is 5.32 Å². The maximum atomic E-state index is 13.6. The maximum Gasteiger partial charge on any atom is 0.408 e. The van der Waals surface area contributed by atoms with Crippen LogP contribution in [0.1, 0.15) is 51.1 Å². The van der Waals surface area contributed by atoms with Gasteiger partial charge in [0.2, 0.25) is 5.91 Å². The van der Waals surface area contributed by atoms with Gasteiger partial charge in [0, 0.05) is 48.0 Å². The second-order valence-corrected chi connectivity index (χ2v) is 11.5. The molecule has 224 valence electrons. The zero-order valence-corrected chi connectivity index (χ0v) is 25.2. The fraction of sp³-hybridized carbons (Fsp3) is 0.344. The molecule has 2 heterocycles. The van der Waals surface area contributed by atoms with E-state index in [9.17, 15) is 14.4 Å². The molecule has 1 aliphatic carbocycles. The SMILES string of the molecule is CC(C)n1cc(-c2ccc(Cl)c(C[C@H](NC(=O)OC3CCCC3)C(=O)Nc3ccc(-c4nncn4C)cc3)c2)ccc1=O. The van der Waals surface area contributed by atoms with Crippen molar-refractivity contribution in [2.45, 2.75) is 64.1 Å². The number of hydrogen-bond acceptors (Lipinski definition) is 6. The molecule has 11 heteroatoms. The average molecular weight is 603 g/mol. The van der Waals surface area contributed by atoms with Gasteiger partial charge in [-0.15, -0.1) is 10.2 Å². The van der Waals surface area contributed by atoms with Gasteiger partial charge in [-0.25, -0.2) is 4.79 Å². The van der Waals surface area contributed by atoms with Gasteiger partial charge in [0.15, 0.2) is 5.82 Å². The Morgan fingerprint density at radius 3 is 2.40 bits per heavy atom. The molecule has 1 atom stereocenters. The largest absolute Gasteiger partial charge is 0.446 e. The predicted molar refractivity (Wildman–Crippen MR) is 166 cm³/mol. The van der Waals surface area contributed by atoms with Gasteiger partial charge < -0.3 is 24.5 Å². The van der Waals surface area contributed by atoms with Crippen LogP contribution in [0.2, 0.25) is 5.02 Å². The lowest BCUT2D eigenvalue weighted by atomic mass is 9.99. The lowest BCUT2D eigenvalue weighted by molar-refractivity contribution is -0.118. The van der Waals surface area contributed by atoms with Crippen LogP contribution in [0.25, 0.3) is 22.5 Å². The van der Waals surface area contributed by atoms with E-state index in [1.54, 1.807) is 39.7 Å². The summed E-state index contributed by atoms with van der Waals surface area (Å²) in [4.78, 5) is 38.8. The molecule has 1 saturated carbocycles. The minimum Gasteiger partial charge on any atom is -0.446 e. The summed E-state index contributed by atoms with van der Waals surface area (Å²) in [5.41, 5.74) is 3.66. The first-order chi connectivity index (χ1) is 20.7. The number of amides is 2. The van der Waals surface area contributed by atoms with Gasteiger partial charge in [-0.05, 0) is 98.7 Å². The number of benzene rings is 2. The van der Waals surface area contributed by atoms with E-state index in [0.29, 0.717) is 22.1 Å². The first kappa shape index (κ1) is 30.0. The molecule has 0 bridgehead atoms. The summed E-state index contributed by atoms with van der Waals surface area (Å²) in [5, 5.41) is 14.2. The number of ether oxygens (including phenoxy) is 1. The van der Waals surface area contributed by atoms with Crippen molar-refractivity contribution in [1.29, 1.82) is 0 Å². The van der Waals surface area contributed by atoms with Gasteiger partial charge in [-0.1, -0.05) is 17.7 Å². The van der Waals surface area contributed by atoms with Crippen molar-refractivity contribution in [2.24, 2.45) is 7.05 Å². The molecule has 0 aliphatic heterocycles. The number of nitrogens with one attached hydrogen (secondary N) is 2. The lowest BCUT2D eigenvalue weighted by Crippen LogP contribution is -2.46. The van der Waals surface area contributed by atoms with Crippen LogP contribution in [-0.2, 0) is 23.0 Å².